The fraction of sp³-hybridized carbons (Fsp3) is 0.500. The number of hydrogen-bond donors (Lipinski definition) is 0. The van der Waals surface area contributed by atoms with Crippen molar-refractivity contribution in [1.29, 1.82) is 5.26 Å². The molecule has 23 heavy (non-hydrogen) atoms. The zero-order valence-corrected chi connectivity index (χ0v) is 14.8. The summed E-state index contributed by atoms with van der Waals surface area (Å²) in [5.41, 5.74) is 2.19. The molecular weight excluding hydrogens is 278 g/mol. The maximum Gasteiger partial charge on any atom is 0.0998 e. The number of hydrogen-bond acceptors (Lipinski definition) is 1. The third kappa shape index (κ3) is 4.58. The lowest BCUT2D eigenvalue weighted by Gasteiger charge is -2.21. The lowest BCUT2D eigenvalue weighted by atomic mass is 9.84. The van der Waals surface area contributed by atoms with E-state index in [9.17, 15) is 5.26 Å². The third-order valence-corrected chi connectivity index (χ3v) is 4.86. The first-order valence-electron chi connectivity index (χ1n) is 9.10. The summed E-state index contributed by atoms with van der Waals surface area (Å²) in [6.07, 6.45) is 7.60. The maximum atomic E-state index is 9.32. The van der Waals surface area contributed by atoms with Crippen molar-refractivity contribution in [2.45, 2.75) is 59.3 Å². The van der Waals surface area contributed by atoms with E-state index in [2.05, 4.69) is 51.1 Å². The van der Waals surface area contributed by atoms with Crippen molar-refractivity contribution >= 4 is 10.8 Å². The van der Waals surface area contributed by atoms with Gasteiger partial charge < -0.3 is 0 Å². The topological polar surface area (TPSA) is 23.8 Å². The van der Waals surface area contributed by atoms with Gasteiger partial charge in [0.25, 0.3) is 0 Å². The summed E-state index contributed by atoms with van der Waals surface area (Å²) >= 11 is 0. The second kappa shape index (κ2) is 8.73. The van der Waals surface area contributed by atoms with Crippen LogP contribution in [0.3, 0.4) is 0 Å². The fourth-order valence-electron chi connectivity index (χ4n) is 3.84. The molecule has 0 bridgehead atoms. The van der Waals surface area contributed by atoms with Crippen molar-refractivity contribution in [2.75, 3.05) is 0 Å². The molecule has 0 spiro atoms. The van der Waals surface area contributed by atoms with Crippen LogP contribution in [0.1, 0.15) is 64.0 Å². The van der Waals surface area contributed by atoms with Crippen molar-refractivity contribution in [3.05, 3.63) is 47.5 Å². The molecule has 0 aliphatic rings. The van der Waals surface area contributed by atoms with Crippen LogP contribution < -0.4 is 0 Å². The molecule has 0 fully saturated rings. The molecular formula is C22H29N. The van der Waals surface area contributed by atoms with Crippen molar-refractivity contribution in [1.82, 2.24) is 0 Å². The Kier molecular flexibility index (Phi) is 6.66. The molecule has 0 N–H and O–H groups in total. The monoisotopic (exact) mass is 307 g/mol. The van der Waals surface area contributed by atoms with E-state index in [1.54, 1.807) is 0 Å². The Labute approximate surface area is 141 Å². The third-order valence-electron chi connectivity index (χ3n) is 4.86. The van der Waals surface area contributed by atoms with E-state index in [-0.39, 0.29) is 0 Å². The van der Waals surface area contributed by atoms with Gasteiger partial charge in [-0.05, 0) is 47.1 Å². The maximum absolute atomic E-state index is 9.32. The predicted octanol–water partition coefficient (Wildman–Crippen LogP) is 6.50. The van der Waals surface area contributed by atoms with Crippen molar-refractivity contribution in [3.8, 4) is 6.07 Å². The first kappa shape index (κ1) is 17.5. The molecule has 1 nitrogen and oxygen atoms in total. The molecule has 2 aromatic rings. The first-order chi connectivity index (χ1) is 11.2. The Morgan fingerprint density at radius 2 is 1.65 bits per heavy atom. The second-order valence-corrected chi connectivity index (χ2v) is 6.92. The molecule has 0 radical (unpaired) electrons. The normalized spacial score (nSPS) is 13.7. The summed E-state index contributed by atoms with van der Waals surface area (Å²) in [7, 11) is 0. The molecule has 0 saturated heterocycles. The van der Waals surface area contributed by atoms with Gasteiger partial charge in [0.2, 0.25) is 0 Å². The van der Waals surface area contributed by atoms with Gasteiger partial charge in [-0.15, -0.1) is 0 Å². The van der Waals surface area contributed by atoms with Crippen LogP contribution in [-0.2, 0) is 6.42 Å². The molecule has 2 atom stereocenters. The first-order valence-corrected chi connectivity index (χ1v) is 9.10. The van der Waals surface area contributed by atoms with Gasteiger partial charge in [-0.2, -0.15) is 5.26 Å². The van der Waals surface area contributed by atoms with Crippen LogP contribution in [0.2, 0.25) is 0 Å². The van der Waals surface area contributed by atoms with Gasteiger partial charge in [0.1, 0.15) is 0 Å². The molecule has 2 aromatic carbocycles. The minimum absolute atomic E-state index is 0.748. The van der Waals surface area contributed by atoms with E-state index in [4.69, 9.17) is 0 Å². The molecule has 0 aromatic heterocycles. The standard InChI is InChI=1S/C22H29N/c1-4-8-17(3)14-18(9-5-2)15-19-12-13-20(16-23)22-11-7-6-10-21(19)22/h6-7,10-13,17-18H,4-5,8-9,14-15H2,1-3H3. The number of benzene rings is 2. The van der Waals surface area contributed by atoms with E-state index in [0.717, 1.165) is 29.2 Å². The highest BCUT2D eigenvalue weighted by Gasteiger charge is 2.15. The fourth-order valence-corrected chi connectivity index (χ4v) is 3.84. The molecule has 0 amide bonds. The van der Waals surface area contributed by atoms with E-state index in [0.29, 0.717) is 0 Å². The minimum Gasteiger partial charge on any atom is -0.192 e. The molecule has 122 valence electrons. The summed E-state index contributed by atoms with van der Waals surface area (Å²) < 4.78 is 0. The molecule has 0 saturated carbocycles. The van der Waals surface area contributed by atoms with Crippen LogP contribution >= 0.6 is 0 Å². The Balaban J connectivity index is 2.26. The van der Waals surface area contributed by atoms with Crippen molar-refractivity contribution in [2.24, 2.45) is 11.8 Å². The van der Waals surface area contributed by atoms with Gasteiger partial charge in [-0.1, -0.05) is 76.8 Å². The van der Waals surface area contributed by atoms with E-state index < -0.39 is 0 Å². The summed E-state index contributed by atoms with van der Waals surface area (Å²) in [4.78, 5) is 0. The lowest BCUT2D eigenvalue weighted by Crippen LogP contribution is -2.10. The summed E-state index contributed by atoms with van der Waals surface area (Å²) in [6.45, 7) is 6.96. The molecule has 0 heterocycles. The molecule has 2 rings (SSSR count). The predicted molar refractivity (Wildman–Crippen MR) is 99.5 cm³/mol. The SMILES string of the molecule is CCCC(C)CC(CCC)Cc1ccc(C#N)c2ccccc12. The van der Waals surface area contributed by atoms with Gasteiger partial charge in [0.05, 0.1) is 11.6 Å². The summed E-state index contributed by atoms with van der Waals surface area (Å²) in [5.74, 6) is 1.55. The van der Waals surface area contributed by atoms with Crippen molar-refractivity contribution < 1.29 is 0 Å². The second-order valence-electron chi connectivity index (χ2n) is 6.92. The zero-order valence-electron chi connectivity index (χ0n) is 14.8. The van der Waals surface area contributed by atoms with Gasteiger partial charge in [-0.3, -0.25) is 0 Å². The quantitative estimate of drug-likeness (QED) is 0.546. The molecule has 0 aliphatic heterocycles. The van der Waals surface area contributed by atoms with E-state index in [1.807, 2.05) is 12.1 Å². The number of nitriles is 1. The van der Waals surface area contributed by atoms with Gasteiger partial charge >= 0.3 is 0 Å². The van der Waals surface area contributed by atoms with Crippen LogP contribution in [0, 0.1) is 23.2 Å². The molecule has 2 unspecified atom stereocenters. The Morgan fingerprint density at radius 1 is 0.957 bits per heavy atom. The van der Waals surface area contributed by atoms with Gasteiger partial charge in [-0.25, -0.2) is 0 Å². The van der Waals surface area contributed by atoms with Gasteiger partial charge in [0.15, 0.2) is 0 Å². The lowest BCUT2D eigenvalue weighted by molar-refractivity contribution is 0.350. The Hall–Kier alpha value is -1.81. The summed E-state index contributed by atoms with van der Waals surface area (Å²) in [6, 6.07) is 14.9. The highest BCUT2D eigenvalue weighted by Crippen LogP contribution is 2.29. The largest absolute Gasteiger partial charge is 0.192 e. The summed E-state index contributed by atoms with van der Waals surface area (Å²) in [5, 5.41) is 11.7. The van der Waals surface area contributed by atoms with Crippen LogP contribution in [-0.4, -0.2) is 0 Å². The van der Waals surface area contributed by atoms with Crippen LogP contribution in [0.5, 0.6) is 0 Å². The zero-order chi connectivity index (χ0) is 16.7. The van der Waals surface area contributed by atoms with E-state index in [1.165, 1.54) is 43.1 Å². The minimum atomic E-state index is 0.748. The number of nitrogens with zero attached hydrogens (tertiary/aromatic N) is 1. The average molecular weight is 307 g/mol. The highest BCUT2D eigenvalue weighted by atomic mass is 14.2. The molecule has 1 heteroatoms. The highest BCUT2D eigenvalue weighted by molar-refractivity contribution is 5.90. The molecule has 0 aliphatic carbocycles. The smallest absolute Gasteiger partial charge is 0.0998 e. The van der Waals surface area contributed by atoms with Crippen molar-refractivity contribution in [3.63, 3.8) is 0 Å². The Bertz CT molecular complexity index is 665. The van der Waals surface area contributed by atoms with E-state index >= 15 is 0 Å². The van der Waals surface area contributed by atoms with Crippen LogP contribution in [0.25, 0.3) is 10.8 Å². The Morgan fingerprint density at radius 3 is 2.30 bits per heavy atom. The van der Waals surface area contributed by atoms with Crippen LogP contribution in [0.15, 0.2) is 36.4 Å². The van der Waals surface area contributed by atoms with Gasteiger partial charge in [0, 0.05) is 0 Å². The number of fused-ring (bicyclic) bond motifs is 1. The van der Waals surface area contributed by atoms with Crippen LogP contribution in [0.4, 0.5) is 0 Å². The average Bonchev–Trinajstić information content (AvgIpc) is 2.55. The number of rotatable bonds is 8.